The van der Waals surface area contributed by atoms with E-state index >= 15 is 0 Å². The van der Waals surface area contributed by atoms with E-state index in [9.17, 15) is 0 Å². The van der Waals surface area contributed by atoms with Gasteiger partial charge in [0.15, 0.2) is 0 Å². The number of aromatic nitrogens is 2. The van der Waals surface area contributed by atoms with Gasteiger partial charge in [0.2, 0.25) is 5.89 Å². The lowest BCUT2D eigenvalue weighted by Gasteiger charge is -2.25. The van der Waals surface area contributed by atoms with E-state index in [2.05, 4.69) is 41.2 Å². The van der Waals surface area contributed by atoms with Gasteiger partial charge in [-0.2, -0.15) is 0 Å². The molecule has 0 aliphatic carbocycles. The second-order valence-electron chi connectivity index (χ2n) is 5.05. The highest BCUT2D eigenvalue weighted by Gasteiger charge is 2.32. The number of nitrogens with one attached hydrogen (secondary N) is 1. The Morgan fingerprint density at radius 1 is 1.33 bits per heavy atom. The van der Waals surface area contributed by atoms with Crippen molar-refractivity contribution >= 4 is 6.01 Å². The minimum atomic E-state index is 0.506. The molecule has 102 valence electrons. The molecule has 1 aromatic rings. The highest BCUT2D eigenvalue weighted by molar-refractivity contribution is 5.31. The maximum absolute atomic E-state index is 5.76. The van der Waals surface area contributed by atoms with Crippen LogP contribution in [0, 0.1) is 0 Å². The first kappa shape index (κ1) is 13.3. The van der Waals surface area contributed by atoms with E-state index < -0.39 is 0 Å². The van der Waals surface area contributed by atoms with Gasteiger partial charge in [0.05, 0.1) is 6.54 Å². The first-order valence-corrected chi connectivity index (χ1v) is 7.07. The Morgan fingerprint density at radius 2 is 2.17 bits per heavy atom. The quantitative estimate of drug-likeness (QED) is 0.788. The van der Waals surface area contributed by atoms with Gasteiger partial charge in [0.1, 0.15) is 0 Å². The first-order valence-electron chi connectivity index (χ1n) is 7.07. The Bertz CT molecular complexity index is 366. The van der Waals surface area contributed by atoms with Gasteiger partial charge in [-0.25, -0.2) is 0 Å². The van der Waals surface area contributed by atoms with E-state index in [1.165, 1.54) is 12.8 Å². The van der Waals surface area contributed by atoms with Crippen LogP contribution in [0.25, 0.3) is 0 Å². The molecule has 0 saturated carbocycles. The first-order chi connectivity index (χ1) is 8.76. The summed E-state index contributed by atoms with van der Waals surface area (Å²) in [7, 11) is 0. The summed E-state index contributed by atoms with van der Waals surface area (Å²) in [6.45, 7) is 8.24. The third-order valence-electron chi connectivity index (χ3n) is 3.64. The zero-order valence-electron chi connectivity index (χ0n) is 11.6. The maximum Gasteiger partial charge on any atom is 0.318 e. The molecule has 2 heterocycles. The summed E-state index contributed by atoms with van der Waals surface area (Å²) in [4.78, 5) is 2.29. The van der Waals surface area contributed by atoms with Crippen molar-refractivity contribution in [1.29, 1.82) is 0 Å². The Labute approximate surface area is 109 Å². The lowest BCUT2D eigenvalue weighted by Crippen LogP contribution is -2.34. The van der Waals surface area contributed by atoms with Crippen LogP contribution in [-0.2, 0) is 6.54 Å². The summed E-state index contributed by atoms with van der Waals surface area (Å²) < 4.78 is 5.76. The molecule has 2 atom stereocenters. The Kier molecular flexibility index (Phi) is 4.58. The number of nitrogens with zero attached hydrogens (tertiary/aromatic N) is 3. The van der Waals surface area contributed by atoms with Crippen molar-refractivity contribution in [2.24, 2.45) is 0 Å². The zero-order valence-corrected chi connectivity index (χ0v) is 11.6. The molecular weight excluding hydrogens is 228 g/mol. The SMILES string of the molecule is CCCNCc1nnc(N2C(C)CCC2CC)o1. The third-order valence-corrected chi connectivity index (χ3v) is 3.64. The van der Waals surface area contributed by atoms with Crippen molar-refractivity contribution in [2.45, 2.75) is 65.1 Å². The maximum atomic E-state index is 5.76. The highest BCUT2D eigenvalue weighted by atomic mass is 16.4. The number of hydrogen-bond donors (Lipinski definition) is 1. The van der Waals surface area contributed by atoms with Crippen LogP contribution in [0.1, 0.15) is 52.3 Å². The van der Waals surface area contributed by atoms with Crippen molar-refractivity contribution < 1.29 is 4.42 Å². The molecule has 2 unspecified atom stereocenters. The van der Waals surface area contributed by atoms with E-state index in [0.29, 0.717) is 30.5 Å². The van der Waals surface area contributed by atoms with Gasteiger partial charge in [-0.05, 0) is 39.2 Å². The molecule has 1 aliphatic rings. The van der Waals surface area contributed by atoms with Gasteiger partial charge in [-0.3, -0.25) is 0 Å². The van der Waals surface area contributed by atoms with E-state index in [-0.39, 0.29) is 0 Å². The van der Waals surface area contributed by atoms with Crippen molar-refractivity contribution in [1.82, 2.24) is 15.5 Å². The molecule has 1 fully saturated rings. The summed E-state index contributed by atoms with van der Waals surface area (Å²) in [5.41, 5.74) is 0. The standard InChI is InChI=1S/C13H24N4O/c1-4-8-14-9-12-15-16-13(18-12)17-10(3)6-7-11(17)5-2/h10-11,14H,4-9H2,1-3H3. The lowest BCUT2D eigenvalue weighted by atomic mass is 10.2. The number of hydrogen-bond acceptors (Lipinski definition) is 5. The average molecular weight is 252 g/mol. The zero-order chi connectivity index (χ0) is 13.0. The van der Waals surface area contributed by atoms with Crippen LogP contribution >= 0.6 is 0 Å². The average Bonchev–Trinajstić information content (AvgIpc) is 2.96. The van der Waals surface area contributed by atoms with Gasteiger partial charge < -0.3 is 14.6 Å². The van der Waals surface area contributed by atoms with E-state index in [1.54, 1.807) is 0 Å². The van der Waals surface area contributed by atoms with Crippen LogP contribution < -0.4 is 10.2 Å². The minimum Gasteiger partial charge on any atom is -0.407 e. The Hall–Kier alpha value is -1.10. The summed E-state index contributed by atoms with van der Waals surface area (Å²) in [6.07, 6.45) is 4.69. The number of rotatable bonds is 6. The molecule has 1 saturated heterocycles. The fourth-order valence-electron chi connectivity index (χ4n) is 2.61. The molecule has 2 rings (SSSR count). The van der Waals surface area contributed by atoms with E-state index in [1.807, 2.05) is 0 Å². The van der Waals surface area contributed by atoms with Crippen molar-refractivity contribution in [2.75, 3.05) is 11.4 Å². The molecule has 1 aromatic heterocycles. The van der Waals surface area contributed by atoms with Crippen molar-refractivity contribution in [3.05, 3.63) is 5.89 Å². The summed E-state index contributed by atoms with van der Waals surface area (Å²) in [6, 6.07) is 1.75. The summed E-state index contributed by atoms with van der Waals surface area (Å²) in [5, 5.41) is 11.6. The van der Waals surface area contributed by atoms with Crippen LogP contribution in [0.2, 0.25) is 0 Å². The lowest BCUT2D eigenvalue weighted by molar-refractivity contribution is 0.446. The second-order valence-corrected chi connectivity index (χ2v) is 5.05. The van der Waals surface area contributed by atoms with Crippen molar-refractivity contribution in [3.63, 3.8) is 0 Å². The van der Waals surface area contributed by atoms with Gasteiger partial charge >= 0.3 is 6.01 Å². The van der Waals surface area contributed by atoms with Crippen LogP contribution in [0.3, 0.4) is 0 Å². The molecule has 0 aromatic carbocycles. The van der Waals surface area contributed by atoms with E-state index in [4.69, 9.17) is 4.42 Å². The van der Waals surface area contributed by atoms with Crippen molar-refractivity contribution in [3.8, 4) is 0 Å². The molecule has 0 spiro atoms. The molecule has 1 aliphatic heterocycles. The highest BCUT2D eigenvalue weighted by Crippen LogP contribution is 2.30. The monoisotopic (exact) mass is 252 g/mol. The fourth-order valence-corrected chi connectivity index (χ4v) is 2.61. The largest absolute Gasteiger partial charge is 0.407 e. The van der Waals surface area contributed by atoms with Gasteiger partial charge in [0, 0.05) is 12.1 Å². The Morgan fingerprint density at radius 3 is 2.89 bits per heavy atom. The van der Waals surface area contributed by atoms with Crippen LogP contribution in [0.5, 0.6) is 0 Å². The molecule has 18 heavy (non-hydrogen) atoms. The third kappa shape index (κ3) is 2.83. The fraction of sp³-hybridized carbons (Fsp3) is 0.846. The van der Waals surface area contributed by atoms with Crippen LogP contribution in [0.4, 0.5) is 6.01 Å². The topological polar surface area (TPSA) is 54.2 Å². The van der Waals surface area contributed by atoms with E-state index in [0.717, 1.165) is 19.4 Å². The Balaban J connectivity index is 2.00. The summed E-state index contributed by atoms with van der Waals surface area (Å²) >= 11 is 0. The predicted octanol–water partition coefficient (Wildman–Crippen LogP) is 2.34. The molecule has 0 amide bonds. The molecule has 0 radical (unpaired) electrons. The molecule has 5 heteroatoms. The van der Waals surface area contributed by atoms with Crippen LogP contribution in [-0.4, -0.2) is 28.8 Å². The normalized spacial score (nSPS) is 23.8. The molecule has 5 nitrogen and oxygen atoms in total. The predicted molar refractivity (Wildman–Crippen MR) is 71.5 cm³/mol. The molecular formula is C13H24N4O. The molecule has 0 bridgehead atoms. The number of anilines is 1. The smallest absolute Gasteiger partial charge is 0.318 e. The van der Waals surface area contributed by atoms with Gasteiger partial charge in [0.25, 0.3) is 0 Å². The van der Waals surface area contributed by atoms with Gasteiger partial charge in [-0.15, -0.1) is 5.10 Å². The second kappa shape index (κ2) is 6.18. The summed E-state index contributed by atoms with van der Waals surface area (Å²) in [5.74, 6) is 0.687. The van der Waals surface area contributed by atoms with Gasteiger partial charge in [-0.1, -0.05) is 18.9 Å². The minimum absolute atomic E-state index is 0.506. The molecule has 1 N–H and O–H groups in total. The van der Waals surface area contributed by atoms with Crippen LogP contribution in [0.15, 0.2) is 4.42 Å².